The fourth-order valence-corrected chi connectivity index (χ4v) is 5.47. The number of hydrogen-bond donors (Lipinski definition) is 0. The number of nitrogens with zero attached hydrogens (tertiary/aromatic N) is 1. The number of allylic oxidation sites excluding steroid dienone is 2. The second-order valence-electron chi connectivity index (χ2n) is 11.9. The normalized spacial score (nSPS) is 25.4. The van der Waals surface area contributed by atoms with Crippen LogP contribution in [0.3, 0.4) is 0 Å². The molecule has 0 N–H and O–H groups in total. The number of ether oxygens (including phenoxy) is 4. The molecule has 1 unspecified atom stereocenters. The molecule has 4 aliphatic rings. The first kappa shape index (κ1) is 27.2. The summed E-state index contributed by atoms with van der Waals surface area (Å²) in [6, 6.07) is 0. The van der Waals surface area contributed by atoms with Gasteiger partial charge in [-0.15, -0.1) is 0 Å². The molecule has 4 rings (SSSR count). The first-order valence-electron chi connectivity index (χ1n) is 13.2. The molecule has 37 heavy (non-hydrogen) atoms. The molecule has 2 aliphatic heterocycles. The lowest BCUT2D eigenvalue weighted by Crippen LogP contribution is -2.50. The van der Waals surface area contributed by atoms with Gasteiger partial charge in [0.1, 0.15) is 11.2 Å². The molecule has 0 aromatic carbocycles. The van der Waals surface area contributed by atoms with Crippen molar-refractivity contribution in [2.75, 3.05) is 13.1 Å². The SMILES string of the molecule is CC(=O)OC1=CC2=CC=CCC23OC(C)(C)CCC3=C1OC(=O)CC1CCN(C(=O)OC(C)(C)C)CC1. The summed E-state index contributed by atoms with van der Waals surface area (Å²) in [5.41, 5.74) is 0.0996. The number of rotatable bonds is 4. The van der Waals surface area contributed by atoms with Crippen molar-refractivity contribution in [1.29, 1.82) is 0 Å². The van der Waals surface area contributed by atoms with E-state index >= 15 is 0 Å². The van der Waals surface area contributed by atoms with E-state index in [-0.39, 0.29) is 35.8 Å². The van der Waals surface area contributed by atoms with Gasteiger partial charge in [-0.05, 0) is 77.9 Å². The number of likely N-dealkylation sites (tertiary alicyclic amines) is 1. The van der Waals surface area contributed by atoms with Gasteiger partial charge in [-0.3, -0.25) is 9.59 Å². The minimum absolute atomic E-state index is 0.0881. The summed E-state index contributed by atoms with van der Waals surface area (Å²) in [4.78, 5) is 39.1. The monoisotopic (exact) mass is 513 g/mol. The second kappa shape index (κ2) is 10.1. The summed E-state index contributed by atoms with van der Waals surface area (Å²) in [6.07, 6.45) is 11.0. The Morgan fingerprint density at radius 3 is 2.49 bits per heavy atom. The summed E-state index contributed by atoms with van der Waals surface area (Å²) in [7, 11) is 0. The van der Waals surface area contributed by atoms with Gasteiger partial charge in [-0.2, -0.15) is 0 Å². The van der Waals surface area contributed by atoms with Crippen molar-refractivity contribution in [1.82, 2.24) is 4.90 Å². The zero-order valence-electron chi connectivity index (χ0n) is 22.8. The van der Waals surface area contributed by atoms with Crippen molar-refractivity contribution in [3.05, 3.63) is 47.0 Å². The number of amides is 1. The molecule has 0 saturated carbocycles. The van der Waals surface area contributed by atoms with E-state index in [0.717, 1.165) is 17.6 Å². The highest BCUT2D eigenvalue weighted by molar-refractivity contribution is 5.74. The molecule has 2 fully saturated rings. The van der Waals surface area contributed by atoms with E-state index < -0.39 is 17.2 Å². The van der Waals surface area contributed by atoms with E-state index in [1.54, 1.807) is 11.0 Å². The Labute approximate surface area is 219 Å². The van der Waals surface area contributed by atoms with Gasteiger partial charge in [-0.25, -0.2) is 4.79 Å². The van der Waals surface area contributed by atoms with Crippen LogP contribution < -0.4 is 0 Å². The molecule has 0 bridgehead atoms. The third-order valence-electron chi connectivity index (χ3n) is 7.17. The molecule has 0 aromatic heterocycles. The quantitative estimate of drug-likeness (QED) is 0.362. The van der Waals surface area contributed by atoms with E-state index in [9.17, 15) is 14.4 Å². The molecular formula is C29H39NO7. The molecular weight excluding hydrogens is 474 g/mol. The Morgan fingerprint density at radius 1 is 1.14 bits per heavy atom. The number of piperidine rings is 1. The Morgan fingerprint density at radius 2 is 1.84 bits per heavy atom. The maximum absolute atomic E-state index is 13.2. The predicted molar refractivity (Wildman–Crippen MR) is 137 cm³/mol. The lowest BCUT2D eigenvalue weighted by Gasteiger charge is -2.50. The Balaban J connectivity index is 1.49. The Kier molecular flexibility index (Phi) is 7.43. The number of hydrogen-bond acceptors (Lipinski definition) is 7. The smallest absolute Gasteiger partial charge is 0.410 e. The zero-order valence-corrected chi connectivity index (χ0v) is 22.8. The van der Waals surface area contributed by atoms with Gasteiger partial charge in [0, 0.05) is 38.4 Å². The van der Waals surface area contributed by atoms with Crippen LogP contribution in [-0.4, -0.2) is 52.8 Å². The molecule has 2 heterocycles. The van der Waals surface area contributed by atoms with Crippen LogP contribution in [0, 0.1) is 5.92 Å². The predicted octanol–water partition coefficient (Wildman–Crippen LogP) is 5.50. The second-order valence-corrected chi connectivity index (χ2v) is 11.9. The third kappa shape index (κ3) is 6.17. The summed E-state index contributed by atoms with van der Waals surface area (Å²) < 4.78 is 23.6. The summed E-state index contributed by atoms with van der Waals surface area (Å²) in [6.45, 7) is 12.1. The molecule has 1 atom stereocenters. The van der Waals surface area contributed by atoms with Crippen molar-refractivity contribution >= 4 is 18.0 Å². The minimum Gasteiger partial charge on any atom is -0.444 e. The van der Waals surface area contributed by atoms with Gasteiger partial charge >= 0.3 is 18.0 Å². The maximum atomic E-state index is 13.2. The van der Waals surface area contributed by atoms with E-state index in [0.29, 0.717) is 44.5 Å². The fourth-order valence-electron chi connectivity index (χ4n) is 5.47. The molecule has 8 heteroatoms. The van der Waals surface area contributed by atoms with Crippen LogP contribution in [0.1, 0.15) is 80.1 Å². The van der Waals surface area contributed by atoms with Crippen molar-refractivity contribution in [2.24, 2.45) is 5.92 Å². The van der Waals surface area contributed by atoms with Crippen molar-refractivity contribution in [2.45, 2.75) is 96.9 Å². The first-order valence-corrected chi connectivity index (χ1v) is 13.2. The fraction of sp³-hybridized carbons (Fsp3) is 0.621. The maximum Gasteiger partial charge on any atom is 0.410 e. The van der Waals surface area contributed by atoms with Crippen molar-refractivity contribution in [3.63, 3.8) is 0 Å². The molecule has 0 aromatic rings. The van der Waals surface area contributed by atoms with Crippen LogP contribution in [0.5, 0.6) is 0 Å². The van der Waals surface area contributed by atoms with Gasteiger partial charge in [0.15, 0.2) is 11.5 Å². The Bertz CT molecular complexity index is 1080. The van der Waals surface area contributed by atoms with Gasteiger partial charge in [-0.1, -0.05) is 18.2 Å². The van der Waals surface area contributed by atoms with Crippen LogP contribution >= 0.6 is 0 Å². The van der Waals surface area contributed by atoms with E-state index in [1.165, 1.54) is 6.92 Å². The number of carbonyl (C=O) groups excluding carboxylic acids is 3. The molecule has 8 nitrogen and oxygen atoms in total. The highest BCUT2D eigenvalue weighted by Crippen LogP contribution is 2.52. The van der Waals surface area contributed by atoms with Gasteiger partial charge in [0.25, 0.3) is 0 Å². The van der Waals surface area contributed by atoms with Crippen LogP contribution in [0.2, 0.25) is 0 Å². The van der Waals surface area contributed by atoms with Gasteiger partial charge in [0.2, 0.25) is 0 Å². The summed E-state index contributed by atoms with van der Waals surface area (Å²) in [5.74, 6) is -0.225. The first-order chi connectivity index (χ1) is 17.3. The summed E-state index contributed by atoms with van der Waals surface area (Å²) >= 11 is 0. The molecule has 1 amide bonds. The van der Waals surface area contributed by atoms with Crippen LogP contribution in [0.15, 0.2) is 47.0 Å². The topological polar surface area (TPSA) is 91.4 Å². The van der Waals surface area contributed by atoms with Gasteiger partial charge < -0.3 is 23.8 Å². The Hall–Kier alpha value is -2.87. The largest absolute Gasteiger partial charge is 0.444 e. The molecule has 0 radical (unpaired) electrons. The molecule has 2 saturated heterocycles. The standard InChI is InChI=1S/C29H39NO7/c1-19(31)34-23-18-21-9-7-8-13-29(21)22(10-14-28(5,6)37-29)25(23)35-24(32)17-20-11-15-30(16-12-20)26(33)36-27(2,3)4/h7-9,18,20H,10-17H2,1-6H3. The minimum atomic E-state index is -0.742. The summed E-state index contributed by atoms with van der Waals surface area (Å²) in [5, 5.41) is 0. The van der Waals surface area contributed by atoms with E-state index in [2.05, 4.69) is 13.8 Å². The average molecular weight is 514 g/mol. The highest BCUT2D eigenvalue weighted by atomic mass is 16.6. The lowest BCUT2D eigenvalue weighted by atomic mass is 9.71. The number of esters is 2. The molecule has 2 aliphatic carbocycles. The zero-order chi connectivity index (χ0) is 27.0. The molecule has 1 spiro atoms. The average Bonchev–Trinajstić information content (AvgIpc) is 2.77. The molecule has 202 valence electrons. The van der Waals surface area contributed by atoms with Crippen LogP contribution in [0.25, 0.3) is 0 Å². The van der Waals surface area contributed by atoms with Crippen molar-refractivity contribution in [3.8, 4) is 0 Å². The number of carbonyl (C=O) groups is 3. The van der Waals surface area contributed by atoms with Gasteiger partial charge in [0.05, 0.1) is 5.60 Å². The van der Waals surface area contributed by atoms with E-state index in [4.69, 9.17) is 18.9 Å². The van der Waals surface area contributed by atoms with E-state index in [1.807, 2.05) is 39.0 Å². The van der Waals surface area contributed by atoms with Crippen LogP contribution in [-0.2, 0) is 28.5 Å². The van der Waals surface area contributed by atoms with Crippen LogP contribution in [0.4, 0.5) is 4.79 Å². The lowest BCUT2D eigenvalue weighted by molar-refractivity contribution is -0.147. The highest BCUT2D eigenvalue weighted by Gasteiger charge is 2.51. The van der Waals surface area contributed by atoms with Crippen molar-refractivity contribution < 1.29 is 33.3 Å². The third-order valence-corrected chi connectivity index (χ3v) is 7.17.